The maximum Gasteiger partial charge on any atom is 0.329 e. The zero-order valence-electron chi connectivity index (χ0n) is 12.0. The van der Waals surface area contributed by atoms with Crippen LogP contribution in [0.15, 0.2) is 6.20 Å². The van der Waals surface area contributed by atoms with Gasteiger partial charge in [0, 0.05) is 26.2 Å². The zero-order valence-corrected chi connectivity index (χ0v) is 12.0. The van der Waals surface area contributed by atoms with Crippen molar-refractivity contribution in [1.29, 1.82) is 0 Å². The van der Waals surface area contributed by atoms with E-state index in [1.807, 2.05) is 4.90 Å². The van der Waals surface area contributed by atoms with E-state index in [1.54, 1.807) is 7.05 Å². The molecule has 0 amide bonds. The molecule has 1 aliphatic rings. The summed E-state index contributed by atoms with van der Waals surface area (Å²) >= 11 is 0. The second-order valence-corrected chi connectivity index (χ2v) is 5.07. The number of hydrogen-bond donors (Lipinski definition) is 1. The quantitative estimate of drug-likeness (QED) is 0.651. The maximum atomic E-state index is 11.2. The van der Waals surface area contributed by atoms with Crippen LogP contribution >= 0.6 is 0 Å². The lowest BCUT2D eigenvalue weighted by Crippen LogP contribution is -2.38. The summed E-state index contributed by atoms with van der Waals surface area (Å²) in [6.45, 7) is 4.66. The van der Waals surface area contributed by atoms with Crippen LogP contribution in [0.3, 0.4) is 0 Å². The second-order valence-electron chi connectivity index (χ2n) is 5.07. The molecule has 0 spiro atoms. The van der Waals surface area contributed by atoms with Crippen LogP contribution < -0.4 is 10.2 Å². The van der Waals surface area contributed by atoms with Gasteiger partial charge in [0.2, 0.25) is 11.8 Å². The van der Waals surface area contributed by atoms with Gasteiger partial charge in [0.25, 0.3) is 0 Å². The predicted octanol–water partition coefficient (Wildman–Crippen LogP) is 0.957. The van der Waals surface area contributed by atoms with E-state index in [0.29, 0.717) is 11.8 Å². The first-order valence-electron chi connectivity index (χ1n) is 6.67. The minimum Gasteiger partial charge on any atom is -0.357 e. The molecule has 1 atom stereocenters. The number of nitro groups is 1. The lowest BCUT2D eigenvalue weighted by atomic mass is 10.2. The van der Waals surface area contributed by atoms with Gasteiger partial charge < -0.3 is 15.1 Å². The van der Waals surface area contributed by atoms with E-state index < -0.39 is 4.92 Å². The zero-order chi connectivity index (χ0) is 14.7. The van der Waals surface area contributed by atoms with Crippen molar-refractivity contribution in [3.63, 3.8) is 0 Å². The van der Waals surface area contributed by atoms with E-state index in [-0.39, 0.29) is 11.7 Å². The van der Waals surface area contributed by atoms with Gasteiger partial charge in [-0.15, -0.1) is 0 Å². The van der Waals surface area contributed by atoms with Crippen molar-refractivity contribution in [3.8, 4) is 0 Å². The highest BCUT2D eigenvalue weighted by Gasteiger charge is 2.28. The highest BCUT2D eigenvalue weighted by Crippen LogP contribution is 2.28. The third kappa shape index (κ3) is 2.96. The number of nitrogens with one attached hydrogen (secondary N) is 1. The SMILES string of the molecule is CNc1ncc([N+](=O)[O-])c(N2CCCN(C)CC2C)n1. The smallest absolute Gasteiger partial charge is 0.329 e. The van der Waals surface area contributed by atoms with Crippen LogP contribution in [-0.2, 0) is 0 Å². The Morgan fingerprint density at radius 2 is 2.25 bits per heavy atom. The third-order valence-corrected chi connectivity index (χ3v) is 3.49. The summed E-state index contributed by atoms with van der Waals surface area (Å²) in [6, 6.07) is 0.167. The Kier molecular flexibility index (Phi) is 4.33. The fourth-order valence-electron chi connectivity index (χ4n) is 2.51. The average Bonchev–Trinajstić information content (AvgIpc) is 2.58. The molecule has 1 unspecified atom stereocenters. The minimum absolute atomic E-state index is 0.0413. The topological polar surface area (TPSA) is 87.4 Å². The molecule has 1 saturated heterocycles. The van der Waals surface area contributed by atoms with Crippen LogP contribution in [0.25, 0.3) is 0 Å². The first-order valence-corrected chi connectivity index (χ1v) is 6.67. The lowest BCUT2D eigenvalue weighted by Gasteiger charge is -2.28. The number of nitrogens with zero attached hydrogens (tertiary/aromatic N) is 5. The highest BCUT2D eigenvalue weighted by molar-refractivity contribution is 5.59. The molecule has 1 fully saturated rings. The van der Waals surface area contributed by atoms with Crippen LogP contribution in [0.4, 0.5) is 17.5 Å². The molecule has 20 heavy (non-hydrogen) atoms. The average molecular weight is 280 g/mol. The molecule has 8 nitrogen and oxygen atoms in total. The van der Waals surface area contributed by atoms with E-state index in [0.717, 1.165) is 26.1 Å². The van der Waals surface area contributed by atoms with Gasteiger partial charge in [0.1, 0.15) is 6.20 Å². The molecule has 2 rings (SSSR count). The van der Waals surface area contributed by atoms with Gasteiger partial charge >= 0.3 is 5.69 Å². The molecule has 1 aromatic rings. The van der Waals surface area contributed by atoms with Gasteiger partial charge in [-0.1, -0.05) is 0 Å². The van der Waals surface area contributed by atoms with Crippen LogP contribution in [0.5, 0.6) is 0 Å². The molecule has 1 aromatic heterocycles. The van der Waals surface area contributed by atoms with E-state index in [4.69, 9.17) is 0 Å². The summed E-state index contributed by atoms with van der Waals surface area (Å²) in [4.78, 5) is 23.2. The van der Waals surface area contributed by atoms with Gasteiger partial charge in [-0.25, -0.2) is 4.98 Å². The maximum absolute atomic E-state index is 11.2. The van der Waals surface area contributed by atoms with Crippen LogP contribution in [0.1, 0.15) is 13.3 Å². The molecule has 0 radical (unpaired) electrons. The summed E-state index contributed by atoms with van der Waals surface area (Å²) in [5.41, 5.74) is -0.0413. The molecule has 0 aliphatic carbocycles. The van der Waals surface area contributed by atoms with E-state index in [2.05, 4.69) is 34.2 Å². The molecule has 0 aromatic carbocycles. The highest BCUT2D eigenvalue weighted by atomic mass is 16.6. The third-order valence-electron chi connectivity index (χ3n) is 3.49. The molecular formula is C12H20N6O2. The minimum atomic E-state index is -0.421. The number of anilines is 2. The van der Waals surface area contributed by atoms with Crippen LogP contribution in [0.2, 0.25) is 0 Å². The normalized spacial score (nSPS) is 20.6. The first-order chi connectivity index (χ1) is 9.52. The van der Waals surface area contributed by atoms with Crippen molar-refractivity contribution in [2.24, 2.45) is 0 Å². The Bertz CT molecular complexity index is 495. The number of rotatable bonds is 3. The Hall–Kier alpha value is -1.96. The fraction of sp³-hybridized carbons (Fsp3) is 0.667. The molecule has 0 saturated carbocycles. The van der Waals surface area contributed by atoms with Gasteiger partial charge in [-0.05, 0) is 26.9 Å². The Labute approximate surface area is 118 Å². The van der Waals surface area contributed by atoms with E-state index in [1.165, 1.54) is 6.20 Å². The predicted molar refractivity (Wildman–Crippen MR) is 77.2 cm³/mol. The van der Waals surface area contributed by atoms with E-state index in [9.17, 15) is 10.1 Å². The van der Waals surface area contributed by atoms with Crippen molar-refractivity contribution in [1.82, 2.24) is 14.9 Å². The Morgan fingerprint density at radius 3 is 2.90 bits per heavy atom. The molecular weight excluding hydrogens is 260 g/mol. The summed E-state index contributed by atoms with van der Waals surface area (Å²) in [5.74, 6) is 0.799. The molecule has 2 heterocycles. The Morgan fingerprint density at radius 1 is 1.50 bits per heavy atom. The standard InChI is InChI=1S/C12H20N6O2/c1-9-8-16(3)5-4-6-17(9)11-10(18(19)20)7-14-12(13-2)15-11/h7,9H,4-6,8H2,1-3H3,(H,13,14,15). The van der Waals surface area contributed by atoms with Gasteiger partial charge in [0.05, 0.1) is 4.92 Å². The van der Waals surface area contributed by atoms with Crippen molar-refractivity contribution in [3.05, 3.63) is 16.3 Å². The van der Waals surface area contributed by atoms with Gasteiger partial charge in [-0.2, -0.15) is 4.98 Å². The molecule has 0 bridgehead atoms. The summed E-state index contributed by atoms with van der Waals surface area (Å²) < 4.78 is 0. The summed E-state index contributed by atoms with van der Waals surface area (Å²) in [7, 11) is 3.76. The number of hydrogen-bond acceptors (Lipinski definition) is 7. The lowest BCUT2D eigenvalue weighted by molar-refractivity contribution is -0.384. The Balaban J connectivity index is 2.40. The summed E-state index contributed by atoms with van der Waals surface area (Å²) in [6.07, 6.45) is 2.23. The molecule has 1 N–H and O–H groups in total. The van der Waals surface area contributed by atoms with Crippen molar-refractivity contribution in [2.45, 2.75) is 19.4 Å². The number of likely N-dealkylation sites (N-methyl/N-ethyl adjacent to an activating group) is 1. The molecule has 8 heteroatoms. The fourth-order valence-corrected chi connectivity index (χ4v) is 2.51. The second kappa shape index (κ2) is 6.00. The van der Waals surface area contributed by atoms with Crippen molar-refractivity contribution < 1.29 is 4.92 Å². The first kappa shape index (κ1) is 14.4. The molecule has 110 valence electrons. The van der Waals surface area contributed by atoms with Crippen LogP contribution in [-0.4, -0.2) is 59.6 Å². The largest absolute Gasteiger partial charge is 0.357 e. The summed E-state index contributed by atoms with van der Waals surface area (Å²) in [5, 5.41) is 14.0. The molecule has 1 aliphatic heterocycles. The van der Waals surface area contributed by atoms with E-state index >= 15 is 0 Å². The monoisotopic (exact) mass is 280 g/mol. The van der Waals surface area contributed by atoms with Crippen LogP contribution in [0, 0.1) is 10.1 Å². The van der Waals surface area contributed by atoms with Crippen molar-refractivity contribution >= 4 is 17.5 Å². The van der Waals surface area contributed by atoms with Gasteiger partial charge in [-0.3, -0.25) is 10.1 Å². The number of aromatic nitrogens is 2. The van der Waals surface area contributed by atoms with Crippen molar-refractivity contribution in [2.75, 3.05) is 43.9 Å². The van der Waals surface area contributed by atoms with Gasteiger partial charge in [0.15, 0.2) is 0 Å².